The van der Waals surface area contributed by atoms with Gasteiger partial charge >= 0.3 is 6.18 Å². The minimum Gasteiger partial charge on any atom is -0.391 e. The van der Waals surface area contributed by atoms with E-state index < -0.39 is 22.6 Å². The lowest BCUT2D eigenvalue weighted by Crippen LogP contribution is -2.31. The van der Waals surface area contributed by atoms with E-state index in [1.165, 1.54) is 12.1 Å². The zero-order valence-electron chi connectivity index (χ0n) is 21.8. The lowest BCUT2D eigenvalue weighted by atomic mass is 9.93. The third kappa shape index (κ3) is 7.50. The van der Waals surface area contributed by atoms with Gasteiger partial charge in [-0.1, -0.05) is 58.8 Å². The van der Waals surface area contributed by atoms with E-state index in [0.717, 1.165) is 12.1 Å². The average Bonchev–Trinajstić information content (AvgIpc) is 2.77. The van der Waals surface area contributed by atoms with Crippen LogP contribution in [-0.4, -0.2) is 27.5 Å². The Morgan fingerprint density at radius 2 is 1.62 bits per heavy atom. The number of amides is 2. The smallest absolute Gasteiger partial charge is 0.391 e. The van der Waals surface area contributed by atoms with Gasteiger partial charge in [-0.25, -0.2) is 4.98 Å². The van der Waals surface area contributed by atoms with Crippen LogP contribution < -0.4 is 10.6 Å². The summed E-state index contributed by atoms with van der Waals surface area (Å²) in [6, 6.07) is 4.88. The van der Waals surface area contributed by atoms with Gasteiger partial charge in [-0.3, -0.25) is 14.9 Å². The monoisotopic (exact) mass is 519 g/mol. The fourth-order valence-electron chi connectivity index (χ4n) is 3.33. The summed E-state index contributed by atoms with van der Waals surface area (Å²) in [6.07, 6.45) is -3.20. The number of carbonyl (C=O) groups is 2. The number of anilines is 2. The van der Waals surface area contributed by atoms with Crippen molar-refractivity contribution in [1.29, 1.82) is 0 Å². The van der Waals surface area contributed by atoms with Crippen LogP contribution in [0.1, 0.15) is 70.3 Å². The van der Waals surface area contributed by atoms with Crippen LogP contribution in [0, 0.1) is 10.8 Å². The molecule has 11 heteroatoms. The van der Waals surface area contributed by atoms with E-state index in [4.69, 9.17) is 4.84 Å². The van der Waals surface area contributed by atoms with Crippen molar-refractivity contribution in [3.05, 3.63) is 46.6 Å². The van der Waals surface area contributed by atoms with Gasteiger partial charge in [0.15, 0.2) is 0 Å². The predicted molar refractivity (Wildman–Crippen MR) is 134 cm³/mol. The highest BCUT2D eigenvalue weighted by molar-refractivity contribution is 5.97. The van der Waals surface area contributed by atoms with Gasteiger partial charge in [0.2, 0.25) is 17.8 Å². The normalized spacial score (nSPS) is 15.2. The number of aryl methyl sites for hydroxylation is 1. The molecule has 8 nitrogen and oxygen atoms in total. The molecule has 0 radical (unpaired) electrons. The minimum atomic E-state index is -4.44. The number of carbonyl (C=O) groups excluding carboxylic acids is 2. The third-order valence-corrected chi connectivity index (χ3v) is 5.62. The Balaban J connectivity index is 1.82. The summed E-state index contributed by atoms with van der Waals surface area (Å²) < 4.78 is 38.8. The second-order valence-electron chi connectivity index (χ2n) is 11.0. The van der Waals surface area contributed by atoms with Crippen molar-refractivity contribution in [3.63, 3.8) is 0 Å². The SMILES string of the molecule is CC(C)(C)C(=O)Nc1nc2c(c(NC(=O)C(C)(C)C)n1)CC(=NOCc1cccc(C(F)(F)F)c1)CC2. The number of fused-ring (bicyclic) bond motifs is 1. The van der Waals surface area contributed by atoms with Gasteiger partial charge < -0.3 is 10.2 Å². The number of halogens is 3. The van der Waals surface area contributed by atoms with E-state index in [1.54, 1.807) is 41.5 Å². The molecule has 2 N–H and O–H groups in total. The molecule has 1 aromatic carbocycles. The Bertz CT molecular complexity index is 1210. The molecule has 0 saturated heterocycles. The largest absolute Gasteiger partial charge is 0.416 e. The topological polar surface area (TPSA) is 106 Å². The van der Waals surface area contributed by atoms with Crippen LogP contribution >= 0.6 is 0 Å². The summed E-state index contributed by atoms with van der Waals surface area (Å²) in [5.41, 5.74) is 0.201. The molecule has 2 aromatic rings. The van der Waals surface area contributed by atoms with E-state index in [9.17, 15) is 22.8 Å². The van der Waals surface area contributed by atoms with Crippen LogP contribution in [0.5, 0.6) is 0 Å². The Morgan fingerprint density at radius 1 is 0.973 bits per heavy atom. The molecule has 1 aliphatic carbocycles. The lowest BCUT2D eigenvalue weighted by molar-refractivity contribution is -0.137. The van der Waals surface area contributed by atoms with E-state index >= 15 is 0 Å². The van der Waals surface area contributed by atoms with Gasteiger partial charge in [0, 0.05) is 22.8 Å². The Labute approximate surface area is 214 Å². The predicted octanol–water partition coefficient (Wildman–Crippen LogP) is 5.53. The van der Waals surface area contributed by atoms with Crippen molar-refractivity contribution < 1.29 is 27.6 Å². The molecule has 1 heterocycles. The van der Waals surface area contributed by atoms with E-state index in [1.807, 2.05) is 0 Å². The average molecular weight is 520 g/mol. The molecule has 0 spiro atoms. The maximum atomic E-state index is 12.9. The zero-order valence-corrected chi connectivity index (χ0v) is 21.8. The van der Waals surface area contributed by atoms with E-state index in [0.29, 0.717) is 35.4 Å². The Kier molecular flexibility index (Phi) is 7.94. The highest BCUT2D eigenvalue weighted by Gasteiger charge is 2.31. The van der Waals surface area contributed by atoms with Crippen molar-refractivity contribution in [2.45, 2.75) is 73.6 Å². The molecular formula is C26H32F3N5O3. The second-order valence-corrected chi connectivity index (χ2v) is 11.0. The summed E-state index contributed by atoms with van der Waals surface area (Å²) >= 11 is 0. The fraction of sp³-hybridized carbons (Fsp3) is 0.500. The van der Waals surface area contributed by atoms with Crippen LogP contribution in [0.3, 0.4) is 0 Å². The standard InChI is InChI=1S/C26H32F3N5O3/c1-24(2,3)21(35)31-20-18-13-17(34-37-14-15-8-7-9-16(12-15)26(27,28)29)10-11-19(18)30-23(32-20)33-22(36)25(4,5)6/h7-9,12H,10-11,13-14H2,1-6H3,(H2,30,31,32,33,35,36). The number of hydrogen-bond donors (Lipinski definition) is 2. The Morgan fingerprint density at radius 3 is 2.24 bits per heavy atom. The van der Waals surface area contributed by atoms with Gasteiger partial charge in [0.1, 0.15) is 12.4 Å². The van der Waals surface area contributed by atoms with Crippen molar-refractivity contribution in [1.82, 2.24) is 9.97 Å². The highest BCUT2D eigenvalue weighted by atomic mass is 19.4. The number of nitrogens with one attached hydrogen (secondary N) is 2. The zero-order chi connectivity index (χ0) is 27.6. The molecule has 200 valence electrons. The molecule has 1 aromatic heterocycles. The summed E-state index contributed by atoms with van der Waals surface area (Å²) in [5, 5.41) is 9.70. The van der Waals surface area contributed by atoms with Crippen LogP contribution in [0.25, 0.3) is 0 Å². The van der Waals surface area contributed by atoms with Crippen molar-refractivity contribution >= 4 is 29.3 Å². The second kappa shape index (κ2) is 10.5. The summed E-state index contributed by atoms with van der Waals surface area (Å²) in [6.45, 7) is 10.5. The number of alkyl halides is 3. The minimum absolute atomic E-state index is 0.101. The molecule has 0 bridgehead atoms. The van der Waals surface area contributed by atoms with Crippen LogP contribution in [-0.2, 0) is 40.1 Å². The van der Waals surface area contributed by atoms with Crippen LogP contribution in [0.15, 0.2) is 29.4 Å². The lowest BCUT2D eigenvalue weighted by Gasteiger charge is -2.24. The first-order chi connectivity index (χ1) is 17.0. The van der Waals surface area contributed by atoms with E-state index in [-0.39, 0.29) is 36.6 Å². The maximum absolute atomic E-state index is 12.9. The quantitative estimate of drug-likeness (QED) is 0.506. The highest BCUT2D eigenvalue weighted by Crippen LogP contribution is 2.30. The fourth-order valence-corrected chi connectivity index (χ4v) is 3.33. The van der Waals surface area contributed by atoms with Crippen molar-refractivity contribution in [3.8, 4) is 0 Å². The molecular weight excluding hydrogens is 487 g/mol. The number of benzene rings is 1. The number of aromatic nitrogens is 2. The van der Waals surface area contributed by atoms with Crippen LogP contribution in [0.2, 0.25) is 0 Å². The van der Waals surface area contributed by atoms with E-state index in [2.05, 4.69) is 25.8 Å². The molecule has 0 aliphatic heterocycles. The molecule has 0 atom stereocenters. The van der Waals surface area contributed by atoms with Crippen molar-refractivity contribution in [2.75, 3.05) is 10.6 Å². The summed E-state index contributed by atoms with van der Waals surface area (Å²) in [4.78, 5) is 39.5. The maximum Gasteiger partial charge on any atom is 0.416 e. The first kappa shape index (κ1) is 28.1. The molecule has 0 unspecified atom stereocenters. The number of nitrogens with zero attached hydrogens (tertiary/aromatic N) is 3. The number of rotatable bonds is 5. The molecule has 1 aliphatic rings. The van der Waals surface area contributed by atoms with Gasteiger partial charge in [-0.15, -0.1) is 0 Å². The van der Waals surface area contributed by atoms with Gasteiger partial charge in [-0.05, 0) is 30.5 Å². The molecule has 3 rings (SSSR count). The first-order valence-electron chi connectivity index (χ1n) is 11.9. The molecule has 2 amide bonds. The molecule has 0 fully saturated rings. The van der Waals surface area contributed by atoms with Gasteiger partial charge in [0.05, 0.1) is 17.0 Å². The van der Waals surface area contributed by atoms with Crippen molar-refractivity contribution in [2.24, 2.45) is 16.0 Å². The molecule has 0 saturated carbocycles. The summed E-state index contributed by atoms with van der Waals surface area (Å²) in [7, 11) is 0. The summed E-state index contributed by atoms with van der Waals surface area (Å²) in [5.74, 6) is -0.142. The number of hydrogen-bond acceptors (Lipinski definition) is 6. The van der Waals surface area contributed by atoms with Crippen LogP contribution in [0.4, 0.5) is 24.9 Å². The number of oxime groups is 1. The molecule has 37 heavy (non-hydrogen) atoms. The first-order valence-corrected chi connectivity index (χ1v) is 11.9. The Hall–Kier alpha value is -3.50. The third-order valence-electron chi connectivity index (χ3n) is 5.62. The van der Waals surface area contributed by atoms with Gasteiger partial charge in [-0.2, -0.15) is 18.2 Å². The van der Waals surface area contributed by atoms with Gasteiger partial charge in [0.25, 0.3) is 0 Å².